The van der Waals surface area contributed by atoms with Crippen LogP contribution >= 0.6 is 0 Å². The number of methoxy groups -OCH3 is 1. The first-order valence-electron chi connectivity index (χ1n) is 6.51. The van der Waals surface area contributed by atoms with Crippen molar-refractivity contribution in [2.24, 2.45) is 0 Å². The second-order valence-corrected chi connectivity index (χ2v) is 4.24. The van der Waals surface area contributed by atoms with Gasteiger partial charge in [-0.25, -0.2) is 4.79 Å². The molecule has 2 N–H and O–H groups in total. The Balaban J connectivity index is 2.74. The molecule has 1 rings (SSSR count). The van der Waals surface area contributed by atoms with E-state index in [9.17, 15) is 4.79 Å². The first kappa shape index (κ1) is 15.3. The van der Waals surface area contributed by atoms with Gasteiger partial charge in [-0.3, -0.25) is 0 Å². The van der Waals surface area contributed by atoms with Crippen LogP contribution in [0.4, 0.5) is 16.2 Å². The number of amides is 2. The van der Waals surface area contributed by atoms with Gasteiger partial charge in [-0.2, -0.15) is 0 Å². The largest absolute Gasteiger partial charge is 0.372 e. The Morgan fingerprint density at radius 1 is 1.32 bits per heavy atom. The molecule has 0 aliphatic carbocycles. The molecule has 0 aliphatic heterocycles. The number of hydrogen-bond donors (Lipinski definition) is 2. The number of urea groups is 1. The van der Waals surface area contributed by atoms with Crippen molar-refractivity contribution in [1.29, 1.82) is 0 Å². The van der Waals surface area contributed by atoms with E-state index in [4.69, 9.17) is 4.74 Å². The van der Waals surface area contributed by atoms with Gasteiger partial charge < -0.3 is 20.3 Å². The Morgan fingerprint density at radius 3 is 2.53 bits per heavy atom. The second kappa shape index (κ2) is 7.63. The molecule has 0 aliphatic rings. The SMILES string of the molecule is CCN(CC)c1ccc(NC(=O)NCOC)c(C)c1. The Kier molecular flexibility index (Phi) is 6.15. The molecule has 0 bridgehead atoms. The zero-order valence-electron chi connectivity index (χ0n) is 12.1. The second-order valence-electron chi connectivity index (χ2n) is 4.24. The molecule has 0 atom stereocenters. The monoisotopic (exact) mass is 265 g/mol. The van der Waals surface area contributed by atoms with Crippen molar-refractivity contribution in [3.63, 3.8) is 0 Å². The lowest BCUT2D eigenvalue weighted by Gasteiger charge is -2.22. The van der Waals surface area contributed by atoms with Crippen LogP contribution in [0.3, 0.4) is 0 Å². The molecule has 5 nitrogen and oxygen atoms in total. The van der Waals surface area contributed by atoms with E-state index < -0.39 is 0 Å². The molecule has 0 saturated carbocycles. The predicted octanol–water partition coefficient (Wildman–Crippen LogP) is 2.57. The predicted molar refractivity (Wildman–Crippen MR) is 78.8 cm³/mol. The minimum atomic E-state index is -0.263. The summed E-state index contributed by atoms with van der Waals surface area (Å²) < 4.78 is 4.78. The summed E-state index contributed by atoms with van der Waals surface area (Å²) in [5, 5.41) is 5.38. The fourth-order valence-electron chi connectivity index (χ4n) is 1.88. The first-order chi connectivity index (χ1) is 9.12. The van der Waals surface area contributed by atoms with Crippen LogP contribution in [0, 0.1) is 6.92 Å². The summed E-state index contributed by atoms with van der Waals surface area (Å²) in [5.74, 6) is 0. The Labute approximate surface area is 114 Å². The van der Waals surface area contributed by atoms with E-state index in [0.29, 0.717) is 0 Å². The van der Waals surface area contributed by atoms with Gasteiger partial charge in [0, 0.05) is 31.6 Å². The van der Waals surface area contributed by atoms with Crippen LogP contribution in [0.5, 0.6) is 0 Å². The number of aryl methyl sites for hydroxylation is 1. The molecule has 106 valence electrons. The van der Waals surface area contributed by atoms with Gasteiger partial charge in [-0.1, -0.05) is 0 Å². The summed E-state index contributed by atoms with van der Waals surface area (Å²) in [6.45, 7) is 8.38. The minimum absolute atomic E-state index is 0.197. The molecule has 0 aromatic heterocycles. The summed E-state index contributed by atoms with van der Waals surface area (Å²) >= 11 is 0. The molecule has 1 aromatic carbocycles. The summed E-state index contributed by atoms with van der Waals surface area (Å²) in [6, 6.07) is 5.76. The van der Waals surface area contributed by atoms with Crippen LogP contribution in [0.25, 0.3) is 0 Å². The highest BCUT2D eigenvalue weighted by Gasteiger charge is 2.07. The van der Waals surface area contributed by atoms with Gasteiger partial charge in [0.1, 0.15) is 6.73 Å². The van der Waals surface area contributed by atoms with Crippen molar-refractivity contribution < 1.29 is 9.53 Å². The van der Waals surface area contributed by atoms with Gasteiger partial charge in [0.25, 0.3) is 0 Å². The Hall–Kier alpha value is -1.75. The number of ether oxygens (including phenoxy) is 1. The van der Waals surface area contributed by atoms with E-state index in [0.717, 1.165) is 24.3 Å². The van der Waals surface area contributed by atoms with Gasteiger partial charge in [0.2, 0.25) is 0 Å². The van der Waals surface area contributed by atoms with Gasteiger partial charge in [0.15, 0.2) is 0 Å². The number of rotatable bonds is 6. The lowest BCUT2D eigenvalue weighted by molar-refractivity contribution is 0.177. The van der Waals surface area contributed by atoms with Gasteiger partial charge in [-0.15, -0.1) is 0 Å². The van der Waals surface area contributed by atoms with E-state index in [-0.39, 0.29) is 12.8 Å². The summed E-state index contributed by atoms with van der Waals surface area (Å²) in [6.07, 6.45) is 0. The van der Waals surface area contributed by atoms with Gasteiger partial charge >= 0.3 is 6.03 Å². The lowest BCUT2D eigenvalue weighted by Crippen LogP contribution is -2.30. The number of nitrogens with zero attached hydrogens (tertiary/aromatic N) is 1. The van der Waals surface area contributed by atoms with E-state index >= 15 is 0 Å². The molecular formula is C14H23N3O2. The average molecular weight is 265 g/mol. The van der Waals surface area contributed by atoms with Gasteiger partial charge in [-0.05, 0) is 44.5 Å². The molecular weight excluding hydrogens is 242 g/mol. The molecule has 0 radical (unpaired) electrons. The minimum Gasteiger partial charge on any atom is -0.372 e. The molecule has 1 aromatic rings. The normalized spacial score (nSPS) is 10.1. The summed E-state index contributed by atoms with van der Waals surface area (Å²) in [5.41, 5.74) is 3.02. The maximum absolute atomic E-state index is 11.5. The zero-order valence-corrected chi connectivity index (χ0v) is 12.1. The van der Waals surface area contributed by atoms with Crippen molar-refractivity contribution in [3.05, 3.63) is 23.8 Å². The Morgan fingerprint density at radius 2 is 2.00 bits per heavy atom. The van der Waals surface area contributed by atoms with Crippen LogP contribution in [0.2, 0.25) is 0 Å². The average Bonchev–Trinajstić information content (AvgIpc) is 2.41. The molecule has 19 heavy (non-hydrogen) atoms. The molecule has 0 fully saturated rings. The third kappa shape index (κ3) is 4.44. The number of anilines is 2. The van der Waals surface area contributed by atoms with Crippen molar-refractivity contribution in [2.45, 2.75) is 20.8 Å². The Bertz CT molecular complexity index is 417. The lowest BCUT2D eigenvalue weighted by atomic mass is 10.1. The zero-order chi connectivity index (χ0) is 14.3. The highest BCUT2D eigenvalue weighted by Crippen LogP contribution is 2.22. The topological polar surface area (TPSA) is 53.6 Å². The van der Waals surface area contributed by atoms with Crippen LogP contribution in [0.15, 0.2) is 18.2 Å². The van der Waals surface area contributed by atoms with Crippen molar-refractivity contribution in [2.75, 3.05) is 37.1 Å². The first-order valence-corrected chi connectivity index (χ1v) is 6.51. The van der Waals surface area contributed by atoms with Crippen LogP contribution in [-0.4, -0.2) is 33.0 Å². The highest BCUT2D eigenvalue weighted by molar-refractivity contribution is 5.90. The van der Waals surface area contributed by atoms with Gasteiger partial charge in [0.05, 0.1) is 0 Å². The fourth-order valence-corrected chi connectivity index (χ4v) is 1.88. The van der Waals surface area contributed by atoms with Crippen LogP contribution in [0.1, 0.15) is 19.4 Å². The molecule has 5 heteroatoms. The van der Waals surface area contributed by atoms with E-state index in [1.165, 1.54) is 12.8 Å². The van der Waals surface area contributed by atoms with E-state index in [1.807, 2.05) is 19.1 Å². The maximum atomic E-state index is 11.5. The van der Waals surface area contributed by atoms with Crippen LogP contribution < -0.4 is 15.5 Å². The standard InChI is InChI=1S/C14H23N3O2/c1-5-17(6-2)12-7-8-13(11(3)9-12)16-14(18)15-10-19-4/h7-9H,5-6,10H2,1-4H3,(H2,15,16,18). The van der Waals surface area contributed by atoms with E-state index in [1.54, 1.807) is 0 Å². The van der Waals surface area contributed by atoms with Crippen molar-refractivity contribution in [3.8, 4) is 0 Å². The number of carbonyl (C=O) groups is 1. The number of nitrogens with one attached hydrogen (secondary N) is 2. The number of benzene rings is 1. The molecule has 0 unspecified atom stereocenters. The molecule has 0 spiro atoms. The highest BCUT2D eigenvalue weighted by atomic mass is 16.5. The maximum Gasteiger partial charge on any atom is 0.321 e. The quantitative estimate of drug-likeness (QED) is 0.777. The molecule has 2 amide bonds. The van der Waals surface area contributed by atoms with E-state index in [2.05, 4.69) is 35.4 Å². The van der Waals surface area contributed by atoms with Crippen molar-refractivity contribution in [1.82, 2.24) is 5.32 Å². The van der Waals surface area contributed by atoms with Crippen LogP contribution in [-0.2, 0) is 4.74 Å². The summed E-state index contributed by atoms with van der Waals surface area (Å²) in [7, 11) is 1.53. The smallest absolute Gasteiger partial charge is 0.321 e. The third-order valence-corrected chi connectivity index (χ3v) is 2.96. The summed E-state index contributed by atoms with van der Waals surface area (Å²) in [4.78, 5) is 13.8. The number of hydrogen-bond acceptors (Lipinski definition) is 3. The number of carbonyl (C=O) groups excluding carboxylic acids is 1. The molecule has 0 heterocycles. The third-order valence-electron chi connectivity index (χ3n) is 2.96. The molecule has 0 saturated heterocycles. The van der Waals surface area contributed by atoms with Crippen molar-refractivity contribution >= 4 is 17.4 Å². The fraction of sp³-hybridized carbons (Fsp3) is 0.500.